The molecule has 4 nitrogen and oxygen atoms in total. The van der Waals surface area contributed by atoms with Crippen LogP contribution in [0.25, 0.3) is 73.4 Å². The van der Waals surface area contributed by atoms with Gasteiger partial charge in [0, 0.05) is 67.8 Å². The van der Waals surface area contributed by atoms with Crippen LogP contribution in [0.1, 0.15) is 29.0 Å². The van der Waals surface area contributed by atoms with Gasteiger partial charge in [0.1, 0.15) is 17.3 Å². The highest BCUT2D eigenvalue weighted by Gasteiger charge is 2.30. The van der Waals surface area contributed by atoms with Gasteiger partial charge in [-0.2, -0.15) is 0 Å². The maximum absolute atomic E-state index is 6.47. The van der Waals surface area contributed by atoms with Crippen LogP contribution < -0.4 is 10.6 Å². The van der Waals surface area contributed by atoms with Gasteiger partial charge in [0.2, 0.25) is 5.84 Å². The number of quaternary nitrogens is 1. The Balaban J connectivity index is 1.02. The van der Waals surface area contributed by atoms with E-state index in [4.69, 9.17) is 9.41 Å². The van der Waals surface area contributed by atoms with E-state index in [-0.39, 0.29) is 12.3 Å². The summed E-state index contributed by atoms with van der Waals surface area (Å²) in [5, 5.41) is 13.6. The van der Waals surface area contributed by atoms with Crippen LogP contribution in [0.5, 0.6) is 0 Å². The number of hydrogen-bond acceptors (Lipinski definition) is 5. The van der Waals surface area contributed by atoms with Crippen LogP contribution >= 0.6 is 22.7 Å². The Labute approximate surface area is 301 Å². The molecule has 0 radical (unpaired) electrons. The van der Waals surface area contributed by atoms with Crippen LogP contribution in [0.4, 0.5) is 0 Å². The molecule has 6 heteroatoms. The number of nitrogens with two attached hydrogens (primary N) is 1. The average molecular weight is 693 g/mol. The number of fused-ring (bicyclic) bond motifs is 9. The predicted octanol–water partition coefficient (Wildman–Crippen LogP) is 11.3. The molecule has 0 saturated carbocycles. The largest absolute Gasteiger partial charge is 0.455 e. The molecule has 4 heterocycles. The van der Waals surface area contributed by atoms with Gasteiger partial charge in [0.15, 0.2) is 6.17 Å². The first kappa shape index (κ1) is 29.1. The molecule has 11 rings (SSSR count). The average Bonchev–Trinajstić information content (AvgIpc) is 3.89. The van der Waals surface area contributed by atoms with Crippen molar-refractivity contribution in [3.63, 3.8) is 0 Å². The van der Waals surface area contributed by atoms with E-state index in [2.05, 4.69) is 156 Å². The second kappa shape index (κ2) is 11.5. The monoisotopic (exact) mass is 692 g/mol. The SMILES string of the molecule is c1ccc(C2N=C(c3ccc4sc5ccccc5c4c3)[NH2+]C(c3ccc4sc5c(-c6cccc7c6oc6ccccc67)cccc5c4c3)N2)cc1. The van der Waals surface area contributed by atoms with Gasteiger partial charge in [-0.15, -0.1) is 22.7 Å². The maximum atomic E-state index is 6.47. The third-order valence-electron chi connectivity index (χ3n) is 10.3. The van der Waals surface area contributed by atoms with Gasteiger partial charge in [0.25, 0.3) is 0 Å². The fourth-order valence-electron chi connectivity index (χ4n) is 7.83. The third kappa shape index (κ3) is 4.69. The second-order valence-corrected chi connectivity index (χ2v) is 15.4. The standard InChI is InChI=1S/C45H29N3OS2/c1-2-10-26(11-3-1)43-46-44(27-20-22-39-35(24-27)30-13-5-7-19-38(30)50-39)48-45(47-43)28-21-23-40-36(25-28)34-17-9-16-33(42(34)51-40)32-15-8-14-31-29-12-4-6-18-37(29)49-41(31)32/h1-25,43,45,47H,(H,46,48)/p+1. The lowest BCUT2D eigenvalue weighted by Gasteiger charge is -2.28. The Morgan fingerprint density at radius 1 is 0.529 bits per heavy atom. The normalized spacial score (nSPS) is 16.6. The number of para-hydroxylation sites is 2. The van der Waals surface area contributed by atoms with E-state index in [1.165, 1.54) is 51.5 Å². The van der Waals surface area contributed by atoms with Gasteiger partial charge in [-0.1, -0.05) is 109 Å². The van der Waals surface area contributed by atoms with Gasteiger partial charge in [0.05, 0.1) is 5.56 Å². The first-order chi connectivity index (χ1) is 25.2. The van der Waals surface area contributed by atoms with Crippen LogP contribution in [-0.4, -0.2) is 5.84 Å². The highest BCUT2D eigenvalue weighted by atomic mass is 32.1. The number of nitrogens with one attached hydrogen (secondary N) is 1. The van der Waals surface area contributed by atoms with Crippen LogP contribution in [0.2, 0.25) is 0 Å². The number of furan rings is 1. The number of hydrogen-bond donors (Lipinski definition) is 2. The van der Waals surface area contributed by atoms with Crippen molar-refractivity contribution >= 4 is 90.8 Å². The molecule has 0 spiro atoms. The van der Waals surface area contributed by atoms with Crippen molar-refractivity contribution in [2.75, 3.05) is 0 Å². The number of nitrogens with zero attached hydrogens (tertiary/aromatic N) is 1. The van der Waals surface area contributed by atoms with E-state index in [1.54, 1.807) is 0 Å². The highest BCUT2D eigenvalue weighted by Crippen LogP contribution is 2.44. The van der Waals surface area contributed by atoms with Crippen LogP contribution in [0.15, 0.2) is 161 Å². The molecule has 242 valence electrons. The van der Waals surface area contributed by atoms with Gasteiger partial charge >= 0.3 is 0 Å². The molecule has 51 heavy (non-hydrogen) atoms. The summed E-state index contributed by atoms with van der Waals surface area (Å²) in [5.41, 5.74) is 7.72. The highest BCUT2D eigenvalue weighted by molar-refractivity contribution is 7.26. The van der Waals surface area contributed by atoms with Crippen LogP contribution in [0, 0.1) is 0 Å². The molecule has 3 N–H and O–H groups in total. The zero-order valence-corrected chi connectivity index (χ0v) is 29.0. The fourth-order valence-corrected chi connectivity index (χ4v) is 10.1. The summed E-state index contributed by atoms with van der Waals surface area (Å²) in [6.45, 7) is 0. The van der Waals surface area contributed by atoms with Crippen molar-refractivity contribution in [3.8, 4) is 11.1 Å². The van der Waals surface area contributed by atoms with Crippen molar-refractivity contribution in [2.24, 2.45) is 4.99 Å². The molecule has 3 aromatic heterocycles. The maximum Gasteiger partial charge on any atom is 0.230 e. The minimum Gasteiger partial charge on any atom is -0.455 e. The van der Waals surface area contributed by atoms with Crippen LogP contribution in [-0.2, 0) is 0 Å². The molecular weight excluding hydrogens is 663 g/mol. The Morgan fingerprint density at radius 2 is 1.24 bits per heavy atom. The molecule has 1 aliphatic heterocycles. The Hall–Kier alpha value is -5.63. The lowest BCUT2D eigenvalue weighted by Crippen LogP contribution is -2.93. The number of benzene rings is 7. The van der Waals surface area contributed by atoms with Gasteiger partial charge in [-0.25, -0.2) is 10.3 Å². The van der Waals surface area contributed by atoms with Gasteiger partial charge in [-0.05, 0) is 48.0 Å². The quantitative estimate of drug-likeness (QED) is 0.193. The third-order valence-corrected chi connectivity index (χ3v) is 12.7. The lowest BCUT2D eigenvalue weighted by atomic mass is 9.99. The van der Waals surface area contributed by atoms with Crippen molar-refractivity contribution < 1.29 is 9.73 Å². The van der Waals surface area contributed by atoms with Gasteiger partial charge in [-0.3, -0.25) is 5.32 Å². The number of rotatable bonds is 4. The molecule has 2 atom stereocenters. The van der Waals surface area contributed by atoms with Gasteiger partial charge < -0.3 is 4.42 Å². The van der Waals surface area contributed by atoms with E-state index in [0.717, 1.165) is 44.5 Å². The molecule has 0 saturated heterocycles. The summed E-state index contributed by atoms with van der Waals surface area (Å²) in [4.78, 5) is 5.30. The summed E-state index contributed by atoms with van der Waals surface area (Å²) < 4.78 is 11.6. The summed E-state index contributed by atoms with van der Waals surface area (Å²) in [6.07, 6.45) is -0.193. The van der Waals surface area contributed by atoms with E-state index >= 15 is 0 Å². The predicted molar refractivity (Wildman–Crippen MR) is 215 cm³/mol. The van der Waals surface area contributed by atoms with E-state index in [9.17, 15) is 0 Å². The fraction of sp³-hybridized carbons (Fsp3) is 0.0444. The van der Waals surface area contributed by atoms with E-state index in [0.29, 0.717) is 0 Å². The smallest absolute Gasteiger partial charge is 0.230 e. The Kier molecular flexibility index (Phi) is 6.54. The molecular formula is C45H30N3OS2+. The summed E-state index contributed by atoms with van der Waals surface area (Å²) in [7, 11) is 0. The summed E-state index contributed by atoms with van der Waals surface area (Å²) in [5.74, 6) is 1.02. The molecule has 2 unspecified atom stereocenters. The lowest BCUT2D eigenvalue weighted by molar-refractivity contribution is -0.600. The number of amidine groups is 1. The van der Waals surface area contributed by atoms with Crippen LogP contribution in [0.3, 0.4) is 0 Å². The molecule has 1 aliphatic rings. The molecule has 0 aliphatic carbocycles. The van der Waals surface area contributed by atoms with Crippen molar-refractivity contribution in [1.82, 2.24) is 5.32 Å². The van der Waals surface area contributed by atoms with E-state index in [1.807, 2.05) is 28.7 Å². The van der Waals surface area contributed by atoms with E-state index < -0.39 is 0 Å². The Morgan fingerprint density at radius 3 is 2.16 bits per heavy atom. The minimum absolute atomic E-state index is 0.0237. The zero-order valence-electron chi connectivity index (χ0n) is 27.3. The molecule has 7 aromatic carbocycles. The van der Waals surface area contributed by atoms with Crippen molar-refractivity contribution in [1.29, 1.82) is 0 Å². The summed E-state index contributed by atoms with van der Waals surface area (Å²) in [6, 6.07) is 54.5. The first-order valence-corrected chi connectivity index (χ1v) is 18.9. The number of aliphatic imine (C=N–C) groups is 1. The number of thiophene rings is 2. The van der Waals surface area contributed by atoms with Crippen molar-refractivity contribution in [3.05, 3.63) is 168 Å². The topological polar surface area (TPSA) is 54.1 Å². The first-order valence-electron chi connectivity index (χ1n) is 17.3. The van der Waals surface area contributed by atoms with Crippen molar-refractivity contribution in [2.45, 2.75) is 12.3 Å². The Bertz CT molecular complexity index is 3010. The molecule has 0 fully saturated rings. The minimum atomic E-state index is -0.170. The summed E-state index contributed by atoms with van der Waals surface area (Å²) >= 11 is 3.71. The zero-order chi connectivity index (χ0) is 33.5. The second-order valence-electron chi connectivity index (χ2n) is 13.3. The molecule has 0 bridgehead atoms. The molecule has 0 amide bonds. The molecule has 10 aromatic rings.